The molecule has 1 atom stereocenters. The van der Waals surface area contributed by atoms with Gasteiger partial charge in [0, 0.05) is 23.9 Å². The topological polar surface area (TPSA) is 112 Å². The lowest BCUT2D eigenvalue weighted by molar-refractivity contribution is -0.383. The lowest BCUT2D eigenvalue weighted by Gasteiger charge is -2.18. The Morgan fingerprint density at radius 2 is 1.67 bits per heavy atom. The number of ether oxygens (including phenoxy) is 3. The average Bonchev–Trinajstić information content (AvgIpc) is 2.67. The van der Waals surface area contributed by atoms with Crippen molar-refractivity contribution in [3.05, 3.63) is 46.5 Å². The molecule has 0 aliphatic rings. The number of carbonyl (C=O) groups excluding carboxylic acids is 1. The smallest absolute Gasteiger partial charge is 0.292 e. The van der Waals surface area contributed by atoms with Gasteiger partial charge in [0.15, 0.2) is 11.5 Å². The van der Waals surface area contributed by atoms with Crippen molar-refractivity contribution in [3.63, 3.8) is 0 Å². The van der Waals surface area contributed by atoms with Crippen LogP contribution in [0, 0.1) is 10.1 Å². The Labute approximate surface area is 156 Å². The quantitative estimate of drug-likeness (QED) is 0.539. The lowest BCUT2D eigenvalue weighted by atomic mass is 10.2. The predicted molar refractivity (Wildman–Crippen MR) is 101 cm³/mol. The molecule has 2 rings (SSSR count). The van der Waals surface area contributed by atoms with Crippen LogP contribution in [0.4, 0.5) is 17.1 Å². The van der Waals surface area contributed by atoms with E-state index in [2.05, 4.69) is 10.6 Å². The van der Waals surface area contributed by atoms with Crippen LogP contribution >= 0.6 is 0 Å². The molecule has 9 heteroatoms. The fraction of sp³-hybridized carbons (Fsp3) is 0.278. The zero-order valence-corrected chi connectivity index (χ0v) is 15.4. The summed E-state index contributed by atoms with van der Waals surface area (Å²) in [5.74, 6) is 0.872. The highest BCUT2D eigenvalue weighted by Gasteiger charge is 2.20. The third kappa shape index (κ3) is 4.57. The van der Waals surface area contributed by atoms with Crippen molar-refractivity contribution in [2.24, 2.45) is 0 Å². The maximum atomic E-state index is 12.4. The van der Waals surface area contributed by atoms with Crippen LogP contribution in [0.1, 0.15) is 6.92 Å². The van der Waals surface area contributed by atoms with E-state index in [9.17, 15) is 14.9 Å². The molecular weight excluding hydrogens is 354 g/mol. The van der Waals surface area contributed by atoms with Gasteiger partial charge in [0.25, 0.3) is 5.69 Å². The summed E-state index contributed by atoms with van der Waals surface area (Å²) in [6.45, 7) is 1.63. The van der Waals surface area contributed by atoms with Crippen molar-refractivity contribution in [2.75, 3.05) is 32.0 Å². The molecule has 0 bridgehead atoms. The molecule has 0 spiro atoms. The number of nitrogens with zero attached hydrogens (tertiary/aromatic N) is 1. The molecule has 0 aliphatic heterocycles. The largest absolute Gasteiger partial charge is 0.493 e. The monoisotopic (exact) mass is 375 g/mol. The molecule has 0 saturated heterocycles. The van der Waals surface area contributed by atoms with E-state index in [0.29, 0.717) is 22.9 Å². The van der Waals surface area contributed by atoms with Gasteiger partial charge >= 0.3 is 0 Å². The molecule has 0 aliphatic carbocycles. The first-order valence-electron chi connectivity index (χ1n) is 8.02. The summed E-state index contributed by atoms with van der Waals surface area (Å²) in [4.78, 5) is 23.0. The molecule has 27 heavy (non-hydrogen) atoms. The van der Waals surface area contributed by atoms with Crippen LogP contribution in [0.3, 0.4) is 0 Å². The van der Waals surface area contributed by atoms with Gasteiger partial charge in [-0.05, 0) is 13.0 Å². The molecule has 2 aromatic carbocycles. The van der Waals surface area contributed by atoms with E-state index in [-0.39, 0.29) is 11.4 Å². The van der Waals surface area contributed by atoms with Crippen molar-refractivity contribution in [1.82, 2.24) is 0 Å². The molecule has 1 amide bonds. The second-order valence-corrected chi connectivity index (χ2v) is 5.54. The molecular formula is C18H21N3O6. The van der Waals surface area contributed by atoms with E-state index in [1.54, 1.807) is 25.1 Å². The first kappa shape index (κ1) is 19.8. The van der Waals surface area contributed by atoms with Crippen LogP contribution in [-0.2, 0) is 4.79 Å². The number of methoxy groups -OCH3 is 3. The van der Waals surface area contributed by atoms with Gasteiger partial charge in [-0.1, -0.05) is 12.1 Å². The standard InChI is InChI=1S/C18H21N3O6/c1-11(18(22)20-13-7-5-6-8-14(13)21(23)24)19-12-9-15(25-2)17(27-4)16(10-12)26-3/h5-11,19H,1-4H3,(H,20,22)/t11-/m0/s1. The Kier molecular flexibility index (Phi) is 6.42. The van der Waals surface area contributed by atoms with Gasteiger partial charge in [-0.3, -0.25) is 14.9 Å². The summed E-state index contributed by atoms with van der Waals surface area (Å²) in [6, 6.07) is 8.58. The second-order valence-electron chi connectivity index (χ2n) is 5.54. The summed E-state index contributed by atoms with van der Waals surface area (Å²) < 4.78 is 15.8. The van der Waals surface area contributed by atoms with Crippen LogP contribution in [0.25, 0.3) is 0 Å². The first-order valence-corrected chi connectivity index (χ1v) is 8.02. The van der Waals surface area contributed by atoms with Gasteiger partial charge in [-0.25, -0.2) is 0 Å². The number of hydrogen-bond acceptors (Lipinski definition) is 7. The number of carbonyl (C=O) groups is 1. The van der Waals surface area contributed by atoms with Gasteiger partial charge in [0.1, 0.15) is 11.7 Å². The van der Waals surface area contributed by atoms with Gasteiger partial charge in [-0.15, -0.1) is 0 Å². The number of benzene rings is 2. The van der Waals surface area contributed by atoms with E-state index in [1.807, 2.05) is 0 Å². The van der Waals surface area contributed by atoms with Crippen molar-refractivity contribution >= 4 is 23.0 Å². The number of para-hydroxylation sites is 2. The molecule has 2 N–H and O–H groups in total. The van der Waals surface area contributed by atoms with Gasteiger partial charge < -0.3 is 24.8 Å². The van der Waals surface area contributed by atoms with Crippen LogP contribution in [0.15, 0.2) is 36.4 Å². The molecule has 9 nitrogen and oxygen atoms in total. The van der Waals surface area contributed by atoms with E-state index in [0.717, 1.165) is 0 Å². The number of amides is 1. The Morgan fingerprint density at radius 1 is 1.07 bits per heavy atom. The van der Waals surface area contributed by atoms with Crippen molar-refractivity contribution < 1.29 is 23.9 Å². The summed E-state index contributed by atoms with van der Waals surface area (Å²) in [5, 5.41) is 16.6. The molecule has 0 unspecified atom stereocenters. The Balaban J connectivity index is 2.18. The van der Waals surface area contributed by atoms with Crippen molar-refractivity contribution in [1.29, 1.82) is 0 Å². The summed E-state index contributed by atoms with van der Waals surface area (Å²) >= 11 is 0. The number of nitro benzene ring substituents is 1. The van der Waals surface area contributed by atoms with E-state index in [1.165, 1.54) is 39.5 Å². The fourth-order valence-electron chi connectivity index (χ4n) is 2.46. The maximum Gasteiger partial charge on any atom is 0.292 e. The number of nitrogens with one attached hydrogen (secondary N) is 2. The summed E-state index contributed by atoms with van der Waals surface area (Å²) in [6.07, 6.45) is 0. The van der Waals surface area contributed by atoms with Gasteiger partial charge in [-0.2, -0.15) is 0 Å². The molecule has 144 valence electrons. The fourth-order valence-corrected chi connectivity index (χ4v) is 2.46. The number of nitro groups is 1. The first-order chi connectivity index (χ1) is 12.9. The lowest BCUT2D eigenvalue weighted by Crippen LogP contribution is -2.32. The predicted octanol–water partition coefficient (Wildman–Crippen LogP) is 3.06. The van der Waals surface area contributed by atoms with Gasteiger partial charge in [0.05, 0.1) is 26.3 Å². The van der Waals surface area contributed by atoms with Crippen LogP contribution < -0.4 is 24.8 Å². The van der Waals surface area contributed by atoms with E-state index in [4.69, 9.17) is 14.2 Å². The van der Waals surface area contributed by atoms with Crippen molar-refractivity contribution in [3.8, 4) is 17.2 Å². The number of rotatable bonds is 8. The molecule has 0 radical (unpaired) electrons. The normalized spacial score (nSPS) is 11.3. The van der Waals surface area contributed by atoms with Gasteiger partial charge in [0.2, 0.25) is 11.7 Å². The summed E-state index contributed by atoms with van der Waals surface area (Å²) in [7, 11) is 4.48. The minimum absolute atomic E-state index is 0.131. The minimum atomic E-state index is -0.687. The minimum Gasteiger partial charge on any atom is -0.493 e. The Bertz CT molecular complexity index is 815. The number of hydrogen-bond donors (Lipinski definition) is 2. The summed E-state index contributed by atoms with van der Waals surface area (Å²) in [5.41, 5.74) is 0.520. The molecule has 2 aromatic rings. The zero-order valence-electron chi connectivity index (χ0n) is 15.4. The molecule has 0 fully saturated rings. The SMILES string of the molecule is COc1cc(N[C@@H](C)C(=O)Nc2ccccc2[N+](=O)[O-])cc(OC)c1OC. The third-order valence-corrected chi connectivity index (χ3v) is 3.80. The highest BCUT2D eigenvalue weighted by molar-refractivity contribution is 5.98. The molecule has 0 saturated carbocycles. The van der Waals surface area contributed by atoms with E-state index < -0.39 is 16.9 Å². The average molecular weight is 375 g/mol. The number of anilines is 2. The van der Waals surface area contributed by atoms with E-state index >= 15 is 0 Å². The van der Waals surface area contributed by atoms with Crippen LogP contribution in [-0.4, -0.2) is 38.2 Å². The highest BCUT2D eigenvalue weighted by Crippen LogP contribution is 2.40. The molecule has 0 aromatic heterocycles. The van der Waals surface area contributed by atoms with Crippen LogP contribution in [0.5, 0.6) is 17.2 Å². The Morgan fingerprint density at radius 3 is 2.19 bits per heavy atom. The Hall–Kier alpha value is -3.49. The van der Waals surface area contributed by atoms with Crippen molar-refractivity contribution in [2.45, 2.75) is 13.0 Å². The van der Waals surface area contributed by atoms with Crippen LogP contribution in [0.2, 0.25) is 0 Å². The maximum absolute atomic E-state index is 12.4. The second kappa shape index (κ2) is 8.75. The third-order valence-electron chi connectivity index (χ3n) is 3.80. The molecule has 0 heterocycles. The highest BCUT2D eigenvalue weighted by atomic mass is 16.6. The zero-order chi connectivity index (χ0) is 20.0.